The van der Waals surface area contributed by atoms with Gasteiger partial charge in [0.15, 0.2) is 0 Å². The van der Waals surface area contributed by atoms with E-state index in [4.69, 9.17) is 9.47 Å². The Morgan fingerprint density at radius 2 is 2.20 bits per heavy atom. The number of esters is 1. The molecule has 0 aromatic carbocycles. The molecule has 0 atom stereocenters. The predicted molar refractivity (Wildman–Crippen MR) is 111 cm³/mol. The highest BCUT2D eigenvalue weighted by Gasteiger charge is 2.23. The number of rotatable bonds is 5. The van der Waals surface area contributed by atoms with Crippen LogP contribution in [0.15, 0.2) is 34.0 Å². The quantitative estimate of drug-likeness (QED) is 0.692. The molecule has 3 heterocycles. The molecule has 0 unspecified atom stereocenters. The molecule has 0 saturated heterocycles. The standard InChI is InChI=1S/C20H20N4O5S/c1-3-29-17-12-5-4-6-15(12)24-9-11(22-20(24)23-17)7-16-13(19(27)28-2)8-21-14(10-30-16)18(25)26/h7-10,21H,3-6H2,1-2H3,(H,25,26)/b16-7-. The van der Waals surface area contributed by atoms with E-state index in [0.29, 0.717) is 28.9 Å². The van der Waals surface area contributed by atoms with Crippen LogP contribution in [0.3, 0.4) is 0 Å². The maximum Gasteiger partial charge on any atom is 0.352 e. The number of ether oxygens (including phenoxy) is 2. The monoisotopic (exact) mass is 428 g/mol. The normalized spacial score (nSPS) is 17.1. The lowest BCUT2D eigenvalue weighted by atomic mass is 10.2. The van der Waals surface area contributed by atoms with Crippen LogP contribution in [0.25, 0.3) is 11.9 Å². The van der Waals surface area contributed by atoms with Crippen molar-refractivity contribution in [1.29, 1.82) is 0 Å². The smallest absolute Gasteiger partial charge is 0.352 e. The Morgan fingerprint density at radius 1 is 1.37 bits per heavy atom. The third kappa shape index (κ3) is 3.65. The first-order valence-electron chi connectivity index (χ1n) is 9.42. The van der Waals surface area contributed by atoms with Crippen LogP contribution in [0.4, 0.5) is 0 Å². The van der Waals surface area contributed by atoms with Crippen LogP contribution < -0.4 is 10.1 Å². The molecular formula is C20H20N4O5S. The molecule has 0 bridgehead atoms. The number of aryl methyl sites for hydroxylation is 1. The summed E-state index contributed by atoms with van der Waals surface area (Å²) >= 11 is 1.11. The minimum atomic E-state index is -1.12. The van der Waals surface area contributed by atoms with Gasteiger partial charge in [0.25, 0.3) is 0 Å². The Kier molecular flexibility index (Phi) is 5.49. The second-order valence-corrected chi connectivity index (χ2v) is 7.53. The van der Waals surface area contributed by atoms with Gasteiger partial charge in [0.2, 0.25) is 11.7 Å². The van der Waals surface area contributed by atoms with Gasteiger partial charge in [0.1, 0.15) is 5.70 Å². The molecule has 0 fully saturated rings. The number of thioether (sulfide) groups is 1. The van der Waals surface area contributed by atoms with E-state index < -0.39 is 11.9 Å². The number of fused-ring (bicyclic) bond motifs is 3. The van der Waals surface area contributed by atoms with Crippen molar-refractivity contribution in [1.82, 2.24) is 19.7 Å². The van der Waals surface area contributed by atoms with Gasteiger partial charge in [0, 0.05) is 34.0 Å². The maximum atomic E-state index is 12.2. The number of carboxylic acid groups (broad SMARTS) is 1. The van der Waals surface area contributed by atoms with E-state index in [1.165, 1.54) is 18.7 Å². The first-order chi connectivity index (χ1) is 14.5. The van der Waals surface area contributed by atoms with Crippen molar-refractivity contribution in [2.45, 2.75) is 26.2 Å². The minimum absolute atomic E-state index is 0.0411. The first kappa shape index (κ1) is 20.0. The zero-order valence-corrected chi connectivity index (χ0v) is 17.3. The Bertz CT molecular complexity index is 1130. The van der Waals surface area contributed by atoms with Gasteiger partial charge in [-0.1, -0.05) is 11.8 Å². The summed E-state index contributed by atoms with van der Waals surface area (Å²) in [4.78, 5) is 33.2. The molecule has 2 aromatic heterocycles. The molecule has 9 nitrogen and oxygen atoms in total. The lowest BCUT2D eigenvalue weighted by molar-refractivity contribution is -0.136. The molecule has 30 heavy (non-hydrogen) atoms. The van der Waals surface area contributed by atoms with Crippen LogP contribution in [-0.2, 0) is 27.2 Å². The molecule has 0 amide bonds. The summed E-state index contributed by atoms with van der Waals surface area (Å²) in [7, 11) is 1.27. The molecule has 4 rings (SSSR count). The zero-order chi connectivity index (χ0) is 21.3. The third-order valence-electron chi connectivity index (χ3n) is 4.78. The average molecular weight is 428 g/mol. The minimum Gasteiger partial charge on any atom is -0.478 e. The largest absolute Gasteiger partial charge is 0.478 e. The number of carbonyl (C=O) groups is 2. The Hall–Kier alpha value is -3.27. The second kappa shape index (κ2) is 8.23. The number of nitrogens with zero attached hydrogens (tertiary/aromatic N) is 3. The Labute approximate surface area is 176 Å². The van der Waals surface area contributed by atoms with Gasteiger partial charge in [-0.25, -0.2) is 14.6 Å². The Balaban J connectivity index is 1.79. The van der Waals surface area contributed by atoms with Crippen LogP contribution in [-0.4, -0.2) is 45.1 Å². The lowest BCUT2D eigenvalue weighted by Gasteiger charge is -2.09. The van der Waals surface area contributed by atoms with E-state index in [-0.39, 0.29) is 11.3 Å². The molecule has 1 aliphatic carbocycles. The maximum absolute atomic E-state index is 12.2. The molecule has 156 valence electrons. The number of hydrogen-bond acceptors (Lipinski definition) is 8. The summed E-state index contributed by atoms with van der Waals surface area (Å²) in [6, 6.07) is 0. The fourth-order valence-corrected chi connectivity index (χ4v) is 4.31. The lowest BCUT2D eigenvalue weighted by Crippen LogP contribution is -2.15. The van der Waals surface area contributed by atoms with Gasteiger partial charge in [-0.05, 0) is 32.3 Å². The van der Waals surface area contributed by atoms with Crippen LogP contribution >= 0.6 is 11.8 Å². The molecule has 0 saturated carbocycles. The first-order valence-corrected chi connectivity index (χ1v) is 10.3. The molecule has 2 aromatic rings. The third-order valence-corrected chi connectivity index (χ3v) is 5.73. The number of methoxy groups -OCH3 is 1. The number of nitrogens with one attached hydrogen (secondary N) is 1. The van der Waals surface area contributed by atoms with Crippen molar-refractivity contribution in [3.8, 4) is 5.88 Å². The van der Waals surface area contributed by atoms with E-state index in [2.05, 4.69) is 15.3 Å². The fraction of sp³-hybridized carbons (Fsp3) is 0.300. The molecular weight excluding hydrogens is 408 g/mol. The van der Waals surface area contributed by atoms with Crippen LogP contribution in [0, 0.1) is 0 Å². The molecule has 0 spiro atoms. The number of carboxylic acids is 1. The molecule has 2 aliphatic rings. The van der Waals surface area contributed by atoms with Gasteiger partial charge in [-0.15, -0.1) is 0 Å². The van der Waals surface area contributed by atoms with E-state index in [1.54, 1.807) is 6.08 Å². The Morgan fingerprint density at radius 3 is 2.93 bits per heavy atom. The van der Waals surface area contributed by atoms with Crippen LogP contribution in [0.2, 0.25) is 0 Å². The summed E-state index contributed by atoms with van der Waals surface area (Å²) in [5.74, 6) is -0.560. The SMILES string of the molecule is CCOc1nc2nc(/C=C3\SC=C(C(=O)O)NC=C3C(=O)OC)cn2c2c1CCC2. The van der Waals surface area contributed by atoms with Crippen molar-refractivity contribution in [3.63, 3.8) is 0 Å². The number of imidazole rings is 1. The highest BCUT2D eigenvalue weighted by Crippen LogP contribution is 2.33. The van der Waals surface area contributed by atoms with Crippen molar-refractivity contribution in [2.24, 2.45) is 0 Å². The summed E-state index contributed by atoms with van der Waals surface area (Å²) in [6.45, 7) is 2.45. The van der Waals surface area contributed by atoms with E-state index in [9.17, 15) is 14.7 Å². The van der Waals surface area contributed by atoms with Crippen molar-refractivity contribution in [2.75, 3.05) is 13.7 Å². The molecule has 10 heteroatoms. The van der Waals surface area contributed by atoms with Gasteiger partial charge >= 0.3 is 11.9 Å². The summed E-state index contributed by atoms with van der Waals surface area (Å²) in [5, 5.41) is 13.3. The van der Waals surface area contributed by atoms with Gasteiger partial charge in [-0.2, -0.15) is 4.98 Å². The van der Waals surface area contributed by atoms with Crippen LogP contribution in [0.5, 0.6) is 5.88 Å². The second-order valence-electron chi connectivity index (χ2n) is 6.62. The van der Waals surface area contributed by atoms with Crippen molar-refractivity contribution >= 4 is 35.6 Å². The van der Waals surface area contributed by atoms with Gasteiger partial charge in [-0.3, -0.25) is 4.40 Å². The van der Waals surface area contributed by atoms with E-state index in [0.717, 1.165) is 42.3 Å². The van der Waals surface area contributed by atoms with Gasteiger partial charge in [0.05, 0.1) is 25.0 Å². The number of carbonyl (C=O) groups excluding carboxylic acids is 1. The van der Waals surface area contributed by atoms with Crippen molar-refractivity contribution in [3.05, 3.63) is 50.9 Å². The number of aliphatic carboxylic acids is 1. The molecule has 2 N–H and O–H groups in total. The fourth-order valence-electron chi connectivity index (χ4n) is 3.44. The predicted octanol–water partition coefficient (Wildman–Crippen LogP) is 2.28. The van der Waals surface area contributed by atoms with E-state index >= 15 is 0 Å². The summed E-state index contributed by atoms with van der Waals surface area (Å²) in [6.07, 6.45) is 7.78. The highest BCUT2D eigenvalue weighted by molar-refractivity contribution is 8.06. The zero-order valence-electron chi connectivity index (χ0n) is 16.5. The van der Waals surface area contributed by atoms with Crippen molar-refractivity contribution < 1.29 is 24.2 Å². The van der Waals surface area contributed by atoms with Crippen LogP contribution in [0.1, 0.15) is 30.3 Å². The molecule has 1 aliphatic heterocycles. The highest BCUT2D eigenvalue weighted by atomic mass is 32.2. The number of aromatic nitrogens is 3. The number of hydrogen-bond donors (Lipinski definition) is 2. The average Bonchev–Trinajstić information content (AvgIpc) is 3.30. The topological polar surface area (TPSA) is 115 Å². The summed E-state index contributed by atoms with van der Waals surface area (Å²) < 4.78 is 12.5. The molecule has 0 radical (unpaired) electrons. The van der Waals surface area contributed by atoms with E-state index in [1.807, 2.05) is 17.5 Å². The van der Waals surface area contributed by atoms with Gasteiger partial charge < -0.3 is 19.9 Å². The summed E-state index contributed by atoms with van der Waals surface area (Å²) in [5.41, 5.74) is 3.00.